The van der Waals surface area contributed by atoms with E-state index in [0.29, 0.717) is 41.0 Å². The van der Waals surface area contributed by atoms with Gasteiger partial charge in [-0.25, -0.2) is 0 Å². The maximum absolute atomic E-state index is 12.6. The molecule has 2 N–H and O–H groups in total. The van der Waals surface area contributed by atoms with Crippen LogP contribution in [0.2, 0.25) is 5.02 Å². The number of anilines is 1. The van der Waals surface area contributed by atoms with Gasteiger partial charge in [-0.05, 0) is 31.4 Å². The van der Waals surface area contributed by atoms with Crippen LogP contribution in [-0.2, 0) is 4.79 Å². The first kappa shape index (κ1) is 22.4. The minimum atomic E-state index is -0.135. The van der Waals surface area contributed by atoms with Crippen molar-refractivity contribution in [2.45, 2.75) is 32.2 Å². The summed E-state index contributed by atoms with van der Waals surface area (Å²) < 4.78 is 11.3. The van der Waals surface area contributed by atoms with Crippen molar-refractivity contribution >= 4 is 29.1 Å². The van der Waals surface area contributed by atoms with Crippen molar-refractivity contribution < 1.29 is 19.1 Å². The normalized spacial score (nSPS) is 16.8. The number of rotatable bonds is 5. The highest BCUT2D eigenvalue weighted by atomic mass is 35.5. The van der Waals surface area contributed by atoms with Gasteiger partial charge in [0.15, 0.2) is 11.5 Å². The standard InChI is InChI=1S/C24H28ClN3O4/c1-16-5-2-3-6-18(16)24(30)26-17-7-9-28(10-8-17)15-23(29)27-20-14-22-21(13-19(20)25)31-11-4-12-32-22/h2-3,5-6,13-14,17H,4,7-12,15H2,1H3,(H,26,30)(H,27,29). The van der Waals surface area contributed by atoms with Gasteiger partial charge in [0.1, 0.15) is 0 Å². The summed E-state index contributed by atoms with van der Waals surface area (Å²) in [7, 11) is 0. The number of nitrogens with one attached hydrogen (secondary N) is 2. The number of fused-ring (bicyclic) bond motifs is 1. The van der Waals surface area contributed by atoms with Crippen molar-refractivity contribution in [3.63, 3.8) is 0 Å². The number of piperidine rings is 1. The van der Waals surface area contributed by atoms with E-state index in [4.69, 9.17) is 21.1 Å². The lowest BCUT2D eigenvalue weighted by molar-refractivity contribution is -0.117. The fraction of sp³-hybridized carbons (Fsp3) is 0.417. The molecule has 2 aliphatic rings. The Morgan fingerprint density at radius 1 is 1.09 bits per heavy atom. The molecule has 8 heteroatoms. The van der Waals surface area contributed by atoms with E-state index < -0.39 is 0 Å². The Kier molecular flexibility index (Phi) is 7.17. The van der Waals surface area contributed by atoms with Crippen molar-refractivity contribution in [2.24, 2.45) is 0 Å². The van der Waals surface area contributed by atoms with Crippen LogP contribution >= 0.6 is 11.6 Å². The summed E-state index contributed by atoms with van der Waals surface area (Å²) in [5.74, 6) is 1.01. The van der Waals surface area contributed by atoms with Crippen LogP contribution in [0.4, 0.5) is 5.69 Å². The quantitative estimate of drug-likeness (QED) is 0.716. The molecular weight excluding hydrogens is 430 g/mol. The van der Waals surface area contributed by atoms with Crippen molar-refractivity contribution in [1.29, 1.82) is 0 Å². The summed E-state index contributed by atoms with van der Waals surface area (Å²) in [6.45, 7) is 4.82. The van der Waals surface area contributed by atoms with Crippen LogP contribution < -0.4 is 20.1 Å². The molecule has 7 nitrogen and oxygen atoms in total. The van der Waals surface area contributed by atoms with E-state index in [1.807, 2.05) is 31.2 Å². The number of halogens is 1. The number of likely N-dealkylation sites (tertiary alicyclic amines) is 1. The Morgan fingerprint density at radius 2 is 1.78 bits per heavy atom. The van der Waals surface area contributed by atoms with Crippen molar-refractivity contribution in [3.8, 4) is 11.5 Å². The largest absolute Gasteiger partial charge is 0.490 e. The number of carbonyl (C=O) groups is 2. The maximum atomic E-state index is 12.6. The molecule has 0 radical (unpaired) electrons. The molecule has 0 spiro atoms. The monoisotopic (exact) mass is 457 g/mol. The minimum absolute atomic E-state index is 0.0386. The molecule has 2 heterocycles. The predicted molar refractivity (Wildman–Crippen MR) is 124 cm³/mol. The van der Waals surface area contributed by atoms with Crippen LogP contribution in [0.25, 0.3) is 0 Å². The molecule has 2 aliphatic heterocycles. The van der Waals surface area contributed by atoms with E-state index in [1.165, 1.54) is 0 Å². The summed E-state index contributed by atoms with van der Waals surface area (Å²) >= 11 is 6.33. The predicted octanol–water partition coefficient (Wildman–Crippen LogP) is 3.64. The first-order chi connectivity index (χ1) is 15.5. The molecule has 1 fully saturated rings. The summed E-state index contributed by atoms with van der Waals surface area (Å²) in [5.41, 5.74) is 2.19. The number of amides is 2. The third-order valence-electron chi connectivity index (χ3n) is 5.79. The van der Waals surface area contributed by atoms with Crippen LogP contribution in [0.5, 0.6) is 11.5 Å². The molecule has 2 aromatic carbocycles. The lowest BCUT2D eigenvalue weighted by atomic mass is 10.0. The van der Waals surface area contributed by atoms with Crippen molar-refractivity contribution in [1.82, 2.24) is 10.2 Å². The van der Waals surface area contributed by atoms with Gasteiger partial charge in [0.05, 0.1) is 30.5 Å². The molecule has 4 rings (SSSR count). The van der Waals surface area contributed by atoms with Crippen LogP contribution in [0.3, 0.4) is 0 Å². The topological polar surface area (TPSA) is 79.9 Å². The summed E-state index contributed by atoms with van der Waals surface area (Å²) in [6, 6.07) is 11.1. The van der Waals surface area contributed by atoms with Crippen LogP contribution in [0.15, 0.2) is 36.4 Å². The number of hydrogen-bond acceptors (Lipinski definition) is 5. The van der Waals surface area contributed by atoms with Crippen molar-refractivity contribution in [2.75, 3.05) is 38.2 Å². The zero-order valence-corrected chi connectivity index (χ0v) is 18.9. The zero-order chi connectivity index (χ0) is 22.5. The van der Waals surface area contributed by atoms with Crippen LogP contribution in [0.1, 0.15) is 35.2 Å². The molecule has 2 aromatic rings. The third-order valence-corrected chi connectivity index (χ3v) is 6.10. The second-order valence-electron chi connectivity index (χ2n) is 8.22. The van der Waals surface area contributed by atoms with Crippen LogP contribution in [0, 0.1) is 6.92 Å². The van der Waals surface area contributed by atoms with E-state index in [1.54, 1.807) is 12.1 Å². The molecule has 32 heavy (non-hydrogen) atoms. The summed E-state index contributed by atoms with van der Waals surface area (Å²) in [6.07, 6.45) is 2.40. The smallest absolute Gasteiger partial charge is 0.251 e. The Balaban J connectivity index is 1.26. The number of hydrogen-bond donors (Lipinski definition) is 2. The van der Waals surface area contributed by atoms with E-state index in [0.717, 1.165) is 37.9 Å². The first-order valence-corrected chi connectivity index (χ1v) is 11.4. The lowest BCUT2D eigenvalue weighted by Crippen LogP contribution is -2.46. The molecule has 0 unspecified atom stereocenters. The Bertz CT molecular complexity index is 989. The number of nitrogens with zero attached hydrogens (tertiary/aromatic N) is 1. The third kappa shape index (κ3) is 5.53. The highest BCUT2D eigenvalue weighted by Crippen LogP contribution is 2.37. The van der Waals surface area contributed by atoms with Gasteiger partial charge in [-0.3, -0.25) is 14.5 Å². The van der Waals surface area contributed by atoms with Gasteiger partial charge in [0, 0.05) is 43.2 Å². The minimum Gasteiger partial charge on any atom is -0.490 e. The molecule has 170 valence electrons. The molecule has 0 saturated carbocycles. The molecule has 1 saturated heterocycles. The number of carbonyl (C=O) groups excluding carboxylic acids is 2. The highest BCUT2D eigenvalue weighted by molar-refractivity contribution is 6.34. The Labute approximate surface area is 193 Å². The Morgan fingerprint density at radius 3 is 2.50 bits per heavy atom. The second kappa shape index (κ2) is 10.2. The SMILES string of the molecule is Cc1ccccc1C(=O)NC1CCN(CC(=O)Nc2cc3c(cc2Cl)OCCCO3)CC1. The second-order valence-corrected chi connectivity index (χ2v) is 8.62. The lowest BCUT2D eigenvalue weighted by Gasteiger charge is -2.32. The fourth-order valence-electron chi connectivity index (χ4n) is 4.00. The average Bonchev–Trinajstić information content (AvgIpc) is 3.00. The van der Waals surface area contributed by atoms with Gasteiger partial charge < -0.3 is 20.1 Å². The average molecular weight is 458 g/mol. The van der Waals surface area contributed by atoms with Gasteiger partial charge >= 0.3 is 0 Å². The van der Waals surface area contributed by atoms with E-state index in [2.05, 4.69) is 15.5 Å². The van der Waals surface area contributed by atoms with Gasteiger partial charge in [-0.15, -0.1) is 0 Å². The van der Waals surface area contributed by atoms with Gasteiger partial charge in [0.2, 0.25) is 5.91 Å². The molecule has 0 aromatic heterocycles. The number of benzene rings is 2. The zero-order valence-electron chi connectivity index (χ0n) is 18.2. The molecule has 0 atom stereocenters. The molecule has 2 amide bonds. The summed E-state index contributed by atoms with van der Waals surface area (Å²) in [5, 5.41) is 6.42. The van der Waals surface area contributed by atoms with Gasteiger partial charge in [0.25, 0.3) is 5.91 Å². The number of aryl methyl sites for hydroxylation is 1. The van der Waals surface area contributed by atoms with Crippen molar-refractivity contribution in [3.05, 3.63) is 52.5 Å². The van der Waals surface area contributed by atoms with E-state index in [9.17, 15) is 9.59 Å². The highest BCUT2D eigenvalue weighted by Gasteiger charge is 2.23. The maximum Gasteiger partial charge on any atom is 0.251 e. The van der Waals surface area contributed by atoms with E-state index in [-0.39, 0.29) is 24.4 Å². The summed E-state index contributed by atoms with van der Waals surface area (Å²) in [4.78, 5) is 27.2. The molecule has 0 aliphatic carbocycles. The fourth-order valence-corrected chi connectivity index (χ4v) is 4.20. The molecular formula is C24H28ClN3O4. The molecule has 0 bridgehead atoms. The van der Waals surface area contributed by atoms with Crippen LogP contribution in [-0.4, -0.2) is 55.6 Å². The first-order valence-electron chi connectivity index (χ1n) is 11.0. The number of ether oxygens (including phenoxy) is 2. The van der Waals surface area contributed by atoms with Gasteiger partial charge in [-0.2, -0.15) is 0 Å². The van der Waals surface area contributed by atoms with Gasteiger partial charge in [-0.1, -0.05) is 29.8 Å². The van der Waals surface area contributed by atoms with E-state index >= 15 is 0 Å². The Hall–Kier alpha value is -2.77.